The maximum atomic E-state index is 11.4. The Morgan fingerprint density at radius 2 is 2.08 bits per heavy atom. The van der Waals surface area contributed by atoms with Crippen molar-refractivity contribution in [3.05, 3.63) is 26.9 Å². The van der Waals surface area contributed by atoms with Crippen molar-refractivity contribution in [1.29, 1.82) is 0 Å². The van der Waals surface area contributed by atoms with E-state index in [2.05, 4.69) is 0 Å². The van der Waals surface area contributed by atoms with E-state index in [1.165, 1.54) is 15.2 Å². The van der Waals surface area contributed by atoms with Crippen LogP contribution in [0.1, 0.15) is 13.3 Å². The fourth-order valence-electron chi connectivity index (χ4n) is 1.12. The third-order valence-electron chi connectivity index (χ3n) is 1.89. The van der Waals surface area contributed by atoms with E-state index in [0.717, 1.165) is 6.42 Å². The van der Waals surface area contributed by atoms with Crippen molar-refractivity contribution >= 4 is 5.82 Å². The average molecular weight is 183 g/mol. The van der Waals surface area contributed by atoms with Crippen LogP contribution < -0.4 is 17.0 Å². The molecule has 0 saturated heterocycles. The quantitative estimate of drug-likeness (QED) is 0.674. The van der Waals surface area contributed by atoms with Crippen LogP contribution in [0.5, 0.6) is 0 Å². The lowest BCUT2D eigenvalue weighted by Gasteiger charge is -2.06. The number of rotatable bonds is 2. The normalized spacial score (nSPS) is 10.3. The molecule has 72 valence electrons. The minimum atomic E-state index is -0.355. The van der Waals surface area contributed by atoms with E-state index in [1.807, 2.05) is 6.92 Å². The largest absolute Gasteiger partial charge is 0.385 e. The van der Waals surface area contributed by atoms with Crippen molar-refractivity contribution in [1.82, 2.24) is 9.13 Å². The molecule has 0 unspecified atom stereocenters. The van der Waals surface area contributed by atoms with Gasteiger partial charge in [-0.1, -0.05) is 6.92 Å². The molecule has 0 aromatic carbocycles. The zero-order valence-corrected chi connectivity index (χ0v) is 7.78. The summed E-state index contributed by atoms with van der Waals surface area (Å²) in [4.78, 5) is 22.7. The molecule has 0 aliphatic rings. The first-order valence-electron chi connectivity index (χ1n) is 4.14. The number of anilines is 1. The molecule has 0 saturated carbocycles. The molecule has 0 radical (unpaired) electrons. The summed E-state index contributed by atoms with van der Waals surface area (Å²) in [6, 6.07) is 1.26. The Morgan fingerprint density at radius 3 is 2.62 bits per heavy atom. The molecule has 0 bridgehead atoms. The Kier molecular flexibility index (Phi) is 2.55. The average Bonchev–Trinajstić information content (AvgIpc) is 2.09. The van der Waals surface area contributed by atoms with Crippen LogP contribution in [-0.2, 0) is 13.6 Å². The molecule has 0 fully saturated rings. The van der Waals surface area contributed by atoms with Gasteiger partial charge in [-0.2, -0.15) is 0 Å². The van der Waals surface area contributed by atoms with Gasteiger partial charge in [0.25, 0.3) is 5.56 Å². The summed E-state index contributed by atoms with van der Waals surface area (Å²) in [5.41, 5.74) is 4.75. The number of nitrogens with zero attached hydrogens (tertiary/aromatic N) is 2. The van der Waals surface area contributed by atoms with E-state index in [-0.39, 0.29) is 17.1 Å². The smallest absolute Gasteiger partial charge is 0.332 e. The van der Waals surface area contributed by atoms with Crippen molar-refractivity contribution in [2.45, 2.75) is 19.9 Å². The first kappa shape index (κ1) is 9.57. The van der Waals surface area contributed by atoms with Crippen molar-refractivity contribution < 1.29 is 0 Å². The lowest BCUT2D eigenvalue weighted by Crippen LogP contribution is -2.39. The lowest BCUT2D eigenvalue weighted by atomic mass is 10.4. The van der Waals surface area contributed by atoms with Crippen LogP contribution in [-0.4, -0.2) is 9.13 Å². The number of hydrogen-bond donors (Lipinski definition) is 1. The van der Waals surface area contributed by atoms with Gasteiger partial charge in [-0.3, -0.25) is 13.9 Å². The predicted molar refractivity (Wildman–Crippen MR) is 50.6 cm³/mol. The lowest BCUT2D eigenvalue weighted by molar-refractivity contribution is 0.585. The Morgan fingerprint density at radius 1 is 1.46 bits per heavy atom. The van der Waals surface area contributed by atoms with Gasteiger partial charge in [0, 0.05) is 19.7 Å². The maximum Gasteiger partial charge on any atom is 0.332 e. The molecule has 0 aliphatic carbocycles. The standard InChI is InChI=1S/C8H13N3O2/c1-3-4-11-7(12)5-6(9)10(2)8(11)13/h5H,3-4,9H2,1-2H3. The van der Waals surface area contributed by atoms with Gasteiger partial charge in [0.05, 0.1) is 0 Å². The summed E-state index contributed by atoms with van der Waals surface area (Å²) < 4.78 is 2.44. The van der Waals surface area contributed by atoms with Crippen molar-refractivity contribution in [2.24, 2.45) is 7.05 Å². The monoisotopic (exact) mass is 183 g/mol. The van der Waals surface area contributed by atoms with E-state index in [0.29, 0.717) is 6.54 Å². The Hall–Kier alpha value is -1.52. The van der Waals surface area contributed by atoms with Gasteiger partial charge >= 0.3 is 5.69 Å². The Bertz CT molecular complexity index is 416. The Labute approximate surface area is 75.4 Å². The number of hydrogen-bond acceptors (Lipinski definition) is 3. The van der Waals surface area contributed by atoms with Gasteiger partial charge in [-0.05, 0) is 6.42 Å². The summed E-state index contributed by atoms with van der Waals surface area (Å²) >= 11 is 0. The SMILES string of the molecule is CCCn1c(=O)cc(N)n(C)c1=O. The summed E-state index contributed by atoms with van der Waals surface area (Å²) in [5, 5.41) is 0. The van der Waals surface area contributed by atoms with Gasteiger partial charge < -0.3 is 5.73 Å². The third kappa shape index (κ3) is 1.63. The van der Waals surface area contributed by atoms with Gasteiger partial charge in [0.15, 0.2) is 0 Å². The highest BCUT2D eigenvalue weighted by Gasteiger charge is 2.04. The summed E-state index contributed by atoms with van der Waals surface area (Å²) in [7, 11) is 1.54. The van der Waals surface area contributed by atoms with E-state index >= 15 is 0 Å². The minimum absolute atomic E-state index is 0.197. The van der Waals surface area contributed by atoms with E-state index in [9.17, 15) is 9.59 Å². The first-order valence-corrected chi connectivity index (χ1v) is 4.14. The summed E-state index contributed by atoms with van der Waals surface area (Å²) in [5.74, 6) is 0.197. The molecule has 13 heavy (non-hydrogen) atoms. The van der Waals surface area contributed by atoms with E-state index < -0.39 is 0 Å². The van der Waals surface area contributed by atoms with Crippen LogP contribution in [0.15, 0.2) is 15.7 Å². The van der Waals surface area contributed by atoms with Crippen molar-refractivity contribution in [3.8, 4) is 0 Å². The molecule has 0 spiro atoms. The molecule has 0 atom stereocenters. The molecule has 0 amide bonds. The summed E-state index contributed by atoms with van der Waals surface area (Å²) in [6.45, 7) is 2.34. The molecule has 1 aromatic heterocycles. The number of nitrogen functional groups attached to an aromatic ring is 1. The second-order valence-corrected chi connectivity index (χ2v) is 2.90. The molecule has 5 nitrogen and oxygen atoms in total. The van der Waals surface area contributed by atoms with Crippen molar-refractivity contribution in [2.75, 3.05) is 5.73 Å². The molecule has 1 heterocycles. The Balaban J connectivity index is 3.45. The first-order chi connectivity index (χ1) is 6.07. The van der Waals surface area contributed by atoms with Crippen LogP contribution in [0.2, 0.25) is 0 Å². The maximum absolute atomic E-state index is 11.4. The zero-order chi connectivity index (χ0) is 10.0. The van der Waals surface area contributed by atoms with Gasteiger partial charge in [-0.25, -0.2) is 4.79 Å². The van der Waals surface area contributed by atoms with Crippen LogP contribution in [0.4, 0.5) is 5.82 Å². The second kappa shape index (κ2) is 3.47. The topological polar surface area (TPSA) is 70.0 Å². The molecule has 5 heteroatoms. The molecule has 0 aliphatic heterocycles. The second-order valence-electron chi connectivity index (χ2n) is 2.90. The fourth-order valence-corrected chi connectivity index (χ4v) is 1.12. The summed E-state index contributed by atoms with van der Waals surface area (Å²) in [6.07, 6.45) is 0.749. The fraction of sp³-hybridized carbons (Fsp3) is 0.500. The molecule has 1 rings (SSSR count). The van der Waals surface area contributed by atoms with Crippen LogP contribution in [0.3, 0.4) is 0 Å². The predicted octanol–water partition coefficient (Wildman–Crippen LogP) is -0.461. The van der Waals surface area contributed by atoms with Gasteiger partial charge in [-0.15, -0.1) is 0 Å². The van der Waals surface area contributed by atoms with E-state index in [1.54, 1.807) is 7.05 Å². The molecular weight excluding hydrogens is 170 g/mol. The molecule has 2 N–H and O–H groups in total. The zero-order valence-electron chi connectivity index (χ0n) is 7.78. The highest BCUT2D eigenvalue weighted by molar-refractivity contribution is 5.25. The number of nitrogens with two attached hydrogens (primary N) is 1. The highest BCUT2D eigenvalue weighted by atomic mass is 16.2. The van der Waals surface area contributed by atoms with Gasteiger partial charge in [0.1, 0.15) is 5.82 Å². The van der Waals surface area contributed by atoms with Gasteiger partial charge in [0.2, 0.25) is 0 Å². The van der Waals surface area contributed by atoms with Crippen LogP contribution in [0.25, 0.3) is 0 Å². The molecular formula is C8H13N3O2. The highest BCUT2D eigenvalue weighted by Crippen LogP contribution is 1.89. The van der Waals surface area contributed by atoms with Crippen LogP contribution >= 0.6 is 0 Å². The number of aromatic nitrogens is 2. The van der Waals surface area contributed by atoms with E-state index in [4.69, 9.17) is 5.73 Å². The third-order valence-corrected chi connectivity index (χ3v) is 1.89. The van der Waals surface area contributed by atoms with Crippen LogP contribution in [0, 0.1) is 0 Å². The minimum Gasteiger partial charge on any atom is -0.385 e. The molecule has 1 aromatic rings. The van der Waals surface area contributed by atoms with Crippen molar-refractivity contribution in [3.63, 3.8) is 0 Å².